The van der Waals surface area contributed by atoms with E-state index in [1.165, 1.54) is 4.90 Å². The summed E-state index contributed by atoms with van der Waals surface area (Å²) in [5.74, 6) is 0.697. The third-order valence-corrected chi connectivity index (χ3v) is 5.65. The molecule has 3 amide bonds. The van der Waals surface area contributed by atoms with Crippen LogP contribution in [0.15, 0.2) is 17.1 Å². The summed E-state index contributed by atoms with van der Waals surface area (Å²) in [6.45, 7) is 5.52. The Morgan fingerprint density at radius 3 is 2.19 bits per heavy atom. The van der Waals surface area contributed by atoms with E-state index in [1.807, 2.05) is 13.8 Å². The van der Waals surface area contributed by atoms with Crippen LogP contribution in [0.2, 0.25) is 0 Å². The average molecular weight is 375 g/mol. The lowest BCUT2D eigenvalue weighted by Crippen LogP contribution is -2.45. The highest BCUT2D eigenvalue weighted by Crippen LogP contribution is 2.52. The maximum atomic E-state index is 12.6. The van der Waals surface area contributed by atoms with E-state index < -0.39 is 0 Å². The summed E-state index contributed by atoms with van der Waals surface area (Å²) in [7, 11) is 1.65. The number of aliphatic imine (C=N–C) groups is 1. The maximum absolute atomic E-state index is 12.6. The fraction of sp³-hybridized carbons (Fsp3) is 0.684. The van der Waals surface area contributed by atoms with E-state index in [9.17, 15) is 14.4 Å². The predicted octanol–water partition coefficient (Wildman–Crippen LogP) is -0.269. The van der Waals surface area contributed by atoms with Gasteiger partial charge in [-0.05, 0) is 18.3 Å². The van der Waals surface area contributed by atoms with E-state index in [0.717, 1.165) is 6.42 Å². The van der Waals surface area contributed by atoms with Gasteiger partial charge in [0.25, 0.3) is 0 Å². The van der Waals surface area contributed by atoms with E-state index >= 15 is 0 Å². The average Bonchev–Trinajstić information content (AvgIpc) is 3.32. The molecular formula is C19H29N5O3. The lowest BCUT2D eigenvalue weighted by atomic mass is 9.85. The summed E-state index contributed by atoms with van der Waals surface area (Å²) in [4.78, 5) is 42.3. The van der Waals surface area contributed by atoms with Gasteiger partial charge >= 0.3 is 0 Å². The van der Waals surface area contributed by atoms with Crippen molar-refractivity contribution in [3.05, 3.63) is 12.2 Å². The van der Waals surface area contributed by atoms with Crippen molar-refractivity contribution in [2.24, 2.45) is 34.6 Å². The molecule has 4 unspecified atom stereocenters. The molecule has 0 spiro atoms. The van der Waals surface area contributed by atoms with Gasteiger partial charge in [-0.3, -0.25) is 24.3 Å². The molecule has 3 rings (SSSR count). The molecular weight excluding hydrogens is 346 g/mol. The second kappa shape index (κ2) is 8.10. The highest BCUT2D eigenvalue weighted by molar-refractivity contribution is 6.06. The zero-order chi connectivity index (χ0) is 19.6. The molecule has 0 radical (unpaired) electrons. The molecule has 8 heteroatoms. The van der Waals surface area contributed by atoms with Crippen molar-refractivity contribution in [2.75, 3.05) is 33.2 Å². The summed E-state index contributed by atoms with van der Waals surface area (Å²) in [5, 5.41) is 9.04. The number of guanidine groups is 1. The molecule has 0 aromatic rings. The Labute approximate surface area is 159 Å². The third kappa shape index (κ3) is 3.84. The van der Waals surface area contributed by atoms with E-state index in [2.05, 4.69) is 33.1 Å². The van der Waals surface area contributed by atoms with Crippen molar-refractivity contribution < 1.29 is 14.4 Å². The third-order valence-electron chi connectivity index (χ3n) is 5.65. The monoisotopic (exact) mass is 375 g/mol. The van der Waals surface area contributed by atoms with Crippen molar-refractivity contribution >= 4 is 23.7 Å². The number of imide groups is 1. The first-order chi connectivity index (χ1) is 12.9. The number of rotatable bonds is 7. The lowest BCUT2D eigenvalue weighted by Gasteiger charge is -2.18. The first-order valence-corrected chi connectivity index (χ1v) is 9.69. The van der Waals surface area contributed by atoms with Gasteiger partial charge in [-0.2, -0.15) is 0 Å². The smallest absolute Gasteiger partial charge is 0.233 e. The van der Waals surface area contributed by atoms with Gasteiger partial charge in [-0.15, -0.1) is 0 Å². The molecule has 3 N–H and O–H groups in total. The van der Waals surface area contributed by atoms with Crippen LogP contribution >= 0.6 is 0 Å². The zero-order valence-electron chi connectivity index (χ0n) is 16.2. The van der Waals surface area contributed by atoms with Crippen molar-refractivity contribution in [3.63, 3.8) is 0 Å². The highest BCUT2D eigenvalue weighted by atomic mass is 16.2. The molecule has 0 aromatic heterocycles. The minimum absolute atomic E-state index is 0.0137. The van der Waals surface area contributed by atoms with Crippen LogP contribution < -0.4 is 16.0 Å². The van der Waals surface area contributed by atoms with Crippen LogP contribution in [0, 0.1) is 29.6 Å². The van der Waals surface area contributed by atoms with Crippen LogP contribution in [0.5, 0.6) is 0 Å². The zero-order valence-corrected chi connectivity index (χ0v) is 16.2. The molecule has 2 aliphatic carbocycles. The Kier molecular flexibility index (Phi) is 5.82. The van der Waals surface area contributed by atoms with Gasteiger partial charge in [0, 0.05) is 39.1 Å². The number of carbonyl (C=O) groups is 3. The first kappa shape index (κ1) is 19.4. The number of hydrogen-bond acceptors (Lipinski definition) is 4. The van der Waals surface area contributed by atoms with Gasteiger partial charge in [-0.1, -0.05) is 26.0 Å². The SMILES string of the molecule is CN=C(NCCNC(=O)C(C)C)NCCN1C(=O)C2C3C=CC(C3)C2C1=O. The van der Waals surface area contributed by atoms with Crippen molar-refractivity contribution in [1.82, 2.24) is 20.9 Å². The maximum Gasteiger partial charge on any atom is 0.233 e. The molecule has 0 aromatic carbocycles. The van der Waals surface area contributed by atoms with Crippen molar-refractivity contribution in [3.8, 4) is 0 Å². The van der Waals surface area contributed by atoms with Gasteiger partial charge in [-0.25, -0.2) is 0 Å². The van der Waals surface area contributed by atoms with Gasteiger partial charge in [0.2, 0.25) is 17.7 Å². The molecule has 27 heavy (non-hydrogen) atoms. The molecule has 3 aliphatic rings. The Morgan fingerprint density at radius 2 is 1.63 bits per heavy atom. The van der Waals surface area contributed by atoms with Crippen molar-refractivity contribution in [1.29, 1.82) is 0 Å². The summed E-state index contributed by atoms with van der Waals surface area (Å²) in [5.41, 5.74) is 0. The Balaban J connectivity index is 1.39. The number of amides is 3. The molecule has 4 atom stereocenters. The second-order valence-corrected chi connectivity index (χ2v) is 7.70. The Bertz CT molecular complexity index is 642. The number of likely N-dealkylation sites (tertiary alicyclic amines) is 1. The summed E-state index contributed by atoms with van der Waals surface area (Å²) in [6, 6.07) is 0. The topological polar surface area (TPSA) is 103 Å². The standard InChI is InChI=1S/C19H29N5O3/c1-11(2)16(25)21-6-7-22-19(20-3)23-8-9-24-17(26)14-12-4-5-13(10-12)15(14)18(24)27/h4-5,11-15H,6-10H2,1-3H3,(H,21,25)(H2,20,22,23). The summed E-state index contributed by atoms with van der Waals surface area (Å²) >= 11 is 0. The minimum atomic E-state index is -0.144. The highest BCUT2D eigenvalue weighted by Gasteiger charge is 2.58. The molecule has 2 bridgehead atoms. The van der Waals surface area contributed by atoms with Crippen molar-refractivity contribution in [2.45, 2.75) is 20.3 Å². The number of hydrogen-bond donors (Lipinski definition) is 3. The molecule has 1 saturated carbocycles. The molecule has 148 valence electrons. The minimum Gasteiger partial charge on any atom is -0.355 e. The fourth-order valence-corrected chi connectivity index (χ4v) is 4.26. The Hall–Kier alpha value is -2.38. The molecule has 1 aliphatic heterocycles. The van der Waals surface area contributed by atoms with Crippen LogP contribution in [0.4, 0.5) is 0 Å². The number of allylic oxidation sites excluding steroid dienone is 2. The van der Waals surface area contributed by atoms with Crippen LogP contribution in [-0.2, 0) is 14.4 Å². The largest absolute Gasteiger partial charge is 0.355 e. The Morgan fingerprint density at radius 1 is 1.07 bits per heavy atom. The van der Waals surface area contributed by atoms with E-state index in [1.54, 1.807) is 7.05 Å². The summed E-state index contributed by atoms with van der Waals surface area (Å²) < 4.78 is 0. The number of nitrogens with one attached hydrogen (secondary N) is 3. The van der Waals surface area contributed by atoms with Gasteiger partial charge in [0.05, 0.1) is 11.8 Å². The number of carbonyl (C=O) groups excluding carboxylic acids is 3. The van der Waals surface area contributed by atoms with E-state index in [0.29, 0.717) is 32.1 Å². The lowest BCUT2D eigenvalue weighted by molar-refractivity contribution is -0.140. The van der Waals surface area contributed by atoms with E-state index in [4.69, 9.17) is 0 Å². The normalized spacial score (nSPS) is 28.9. The number of fused-ring (bicyclic) bond motifs is 5. The number of nitrogens with zero attached hydrogens (tertiary/aromatic N) is 2. The van der Waals surface area contributed by atoms with Crippen LogP contribution in [0.1, 0.15) is 20.3 Å². The molecule has 1 heterocycles. The molecule has 1 saturated heterocycles. The van der Waals surface area contributed by atoms with Gasteiger partial charge in [0.15, 0.2) is 5.96 Å². The van der Waals surface area contributed by atoms with Crippen LogP contribution in [-0.4, -0.2) is 61.8 Å². The second-order valence-electron chi connectivity index (χ2n) is 7.70. The fourth-order valence-electron chi connectivity index (χ4n) is 4.26. The summed E-state index contributed by atoms with van der Waals surface area (Å²) in [6.07, 6.45) is 5.15. The van der Waals surface area contributed by atoms with Gasteiger partial charge < -0.3 is 16.0 Å². The van der Waals surface area contributed by atoms with Crippen LogP contribution in [0.25, 0.3) is 0 Å². The predicted molar refractivity (Wildman–Crippen MR) is 102 cm³/mol. The van der Waals surface area contributed by atoms with E-state index in [-0.39, 0.29) is 47.3 Å². The van der Waals surface area contributed by atoms with Gasteiger partial charge in [0.1, 0.15) is 0 Å². The van der Waals surface area contributed by atoms with Crippen LogP contribution in [0.3, 0.4) is 0 Å². The molecule has 2 fully saturated rings. The molecule has 8 nitrogen and oxygen atoms in total. The quantitative estimate of drug-likeness (QED) is 0.187. The first-order valence-electron chi connectivity index (χ1n) is 9.69.